The van der Waals surface area contributed by atoms with Gasteiger partial charge in [-0.05, 0) is 13.0 Å². The van der Waals surface area contributed by atoms with Crippen molar-refractivity contribution < 1.29 is 14.7 Å². The Morgan fingerprint density at radius 2 is 1.81 bits per heavy atom. The second-order valence-corrected chi connectivity index (χ2v) is 5.33. The number of hydrogen-bond donors (Lipinski definition) is 2. The number of anilines is 1. The number of benzene rings is 2. The van der Waals surface area contributed by atoms with Crippen LogP contribution in [0.5, 0.6) is 0 Å². The minimum absolute atomic E-state index is 0.260. The van der Waals surface area contributed by atoms with Crippen molar-refractivity contribution in [2.75, 3.05) is 5.32 Å². The van der Waals surface area contributed by atoms with Crippen LogP contribution in [-0.2, 0) is 10.4 Å². The molecule has 1 unspecified atom stereocenters. The molecule has 21 heavy (non-hydrogen) atoms. The Kier molecular flexibility index (Phi) is 3.11. The standard InChI is InChI=1S/C17H15NO3/c1-11-6-8-12(9-7-11)15(19)10-17(21)13-4-2-3-5-14(13)18-16(17)20/h2-9,21H,10H2,1H3,(H,18,20). The van der Waals surface area contributed by atoms with E-state index in [0.29, 0.717) is 16.8 Å². The molecule has 1 aliphatic heterocycles. The van der Waals surface area contributed by atoms with Crippen LogP contribution in [0.2, 0.25) is 0 Å². The fraction of sp³-hybridized carbons (Fsp3) is 0.176. The van der Waals surface area contributed by atoms with E-state index in [1.807, 2.05) is 19.1 Å². The van der Waals surface area contributed by atoms with Crippen LogP contribution >= 0.6 is 0 Å². The highest BCUT2D eigenvalue weighted by Gasteiger charge is 2.46. The molecule has 0 saturated heterocycles. The van der Waals surface area contributed by atoms with Crippen molar-refractivity contribution >= 4 is 17.4 Å². The summed E-state index contributed by atoms with van der Waals surface area (Å²) in [6.07, 6.45) is -0.265. The van der Waals surface area contributed by atoms with Gasteiger partial charge in [-0.15, -0.1) is 0 Å². The molecule has 0 saturated carbocycles. The molecule has 106 valence electrons. The highest BCUT2D eigenvalue weighted by molar-refractivity contribution is 6.09. The SMILES string of the molecule is Cc1ccc(C(=O)CC2(O)C(=O)Nc3ccccc32)cc1. The van der Waals surface area contributed by atoms with Crippen molar-refractivity contribution in [2.45, 2.75) is 18.9 Å². The summed E-state index contributed by atoms with van der Waals surface area (Å²) < 4.78 is 0. The Bertz CT molecular complexity index is 721. The van der Waals surface area contributed by atoms with Crippen LogP contribution in [0.4, 0.5) is 5.69 Å². The Labute approximate surface area is 122 Å². The zero-order valence-corrected chi connectivity index (χ0v) is 11.6. The zero-order chi connectivity index (χ0) is 15.0. The lowest BCUT2D eigenvalue weighted by atomic mass is 9.88. The van der Waals surface area contributed by atoms with E-state index >= 15 is 0 Å². The summed E-state index contributed by atoms with van der Waals surface area (Å²) >= 11 is 0. The number of carbonyl (C=O) groups is 2. The number of aliphatic hydroxyl groups is 1. The van der Waals surface area contributed by atoms with E-state index in [0.717, 1.165) is 5.56 Å². The summed E-state index contributed by atoms with van der Waals surface area (Å²) in [5.41, 5.74) is 0.760. The molecule has 1 heterocycles. The molecule has 0 fully saturated rings. The Hall–Kier alpha value is -2.46. The number of Topliss-reactive ketones (excluding diaryl/α,β-unsaturated/α-hetero) is 1. The number of nitrogens with one attached hydrogen (secondary N) is 1. The first-order valence-electron chi connectivity index (χ1n) is 6.74. The summed E-state index contributed by atoms with van der Waals surface area (Å²) in [5, 5.41) is 13.3. The smallest absolute Gasteiger partial charge is 0.261 e. The molecule has 2 N–H and O–H groups in total. The number of ketones is 1. The molecule has 3 rings (SSSR count). The predicted molar refractivity (Wildman–Crippen MR) is 79.1 cm³/mol. The first kappa shape index (κ1) is 13.5. The largest absolute Gasteiger partial charge is 0.375 e. The van der Waals surface area contributed by atoms with Crippen molar-refractivity contribution in [3.63, 3.8) is 0 Å². The third-order valence-corrected chi connectivity index (χ3v) is 3.79. The van der Waals surface area contributed by atoms with Crippen LogP contribution in [0.25, 0.3) is 0 Å². The molecule has 0 radical (unpaired) electrons. The first-order valence-corrected chi connectivity index (χ1v) is 6.74. The quantitative estimate of drug-likeness (QED) is 0.849. The Morgan fingerprint density at radius 3 is 2.52 bits per heavy atom. The molecule has 0 aromatic heterocycles. The van der Waals surface area contributed by atoms with Crippen LogP contribution in [0.15, 0.2) is 48.5 Å². The van der Waals surface area contributed by atoms with Gasteiger partial charge in [-0.3, -0.25) is 9.59 Å². The molecule has 1 amide bonds. The molecular weight excluding hydrogens is 266 g/mol. The molecule has 4 nitrogen and oxygen atoms in total. The van der Waals surface area contributed by atoms with E-state index in [1.54, 1.807) is 36.4 Å². The molecule has 2 aromatic rings. The molecule has 4 heteroatoms. The number of para-hydroxylation sites is 1. The number of hydrogen-bond acceptors (Lipinski definition) is 3. The highest BCUT2D eigenvalue weighted by Crippen LogP contribution is 2.38. The van der Waals surface area contributed by atoms with Gasteiger partial charge in [0, 0.05) is 16.8 Å². The second kappa shape index (κ2) is 4.82. The topological polar surface area (TPSA) is 66.4 Å². The maximum Gasteiger partial charge on any atom is 0.261 e. The van der Waals surface area contributed by atoms with Crippen molar-refractivity contribution in [3.05, 3.63) is 65.2 Å². The number of amides is 1. The summed E-state index contributed by atoms with van der Waals surface area (Å²) in [7, 11) is 0. The minimum Gasteiger partial charge on any atom is -0.375 e. The molecular formula is C17H15NO3. The lowest BCUT2D eigenvalue weighted by molar-refractivity contribution is -0.133. The van der Waals surface area contributed by atoms with E-state index in [1.165, 1.54) is 0 Å². The highest BCUT2D eigenvalue weighted by atomic mass is 16.3. The fourth-order valence-electron chi connectivity index (χ4n) is 2.55. The monoisotopic (exact) mass is 281 g/mol. The van der Waals surface area contributed by atoms with Gasteiger partial charge in [0.2, 0.25) is 0 Å². The maximum atomic E-state index is 12.3. The zero-order valence-electron chi connectivity index (χ0n) is 11.6. The lowest BCUT2D eigenvalue weighted by Crippen LogP contribution is -2.36. The van der Waals surface area contributed by atoms with Gasteiger partial charge in [0.05, 0.1) is 6.42 Å². The normalized spacial score (nSPS) is 20.0. The van der Waals surface area contributed by atoms with Gasteiger partial charge >= 0.3 is 0 Å². The summed E-state index contributed by atoms with van der Waals surface area (Å²) in [6, 6.07) is 14.0. The Morgan fingerprint density at radius 1 is 1.14 bits per heavy atom. The molecule has 2 aromatic carbocycles. The molecule has 0 aliphatic carbocycles. The summed E-state index contributed by atoms with van der Waals surface area (Å²) in [4.78, 5) is 24.4. The molecule has 0 bridgehead atoms. The van der Waals surface area contributed by atoms with Gasteiger partial charge in [0.25, 0.3) is 5.91 Å². The van der Waals surface area contributed by atoms with Crippen molar-refractivity contribution in [1.82, 2.24) is 0 Å². The van der Waals surface area contributed by atoms with Crippen LogP contribution < -0.4 is 5.32 Å². The van der Waals surface area contributed by atoms with Gasteiger partial charge in [0.15, 0.2) is 11.4 Å². The molecule has 1 atom stereocenters. The maximum absolute atomic E-state index is 12.3. The third-order valence-electron chi connectivity index (χ3n) is 3.79. The van der Waals surface area contributed by atoms with Gasteiger partial charge in [-0.2, -0.15) is 0 Å². The second-order valence-electron chi connectivity index (χ2n) is 5.33. The van der Waals surface area contributed by atoms with Crippen LogP contribution in [0.1, 0.15) is 27.9 Å². The van der Waals surface area contributed by atoms with E-state index in [2.05, 4.69) is 5.32 Å². The summed E-state index contributed by atoms with van der Waals surface area (Å²) in [6.45, 7) is 1.93. The van der Waals surface area contributed by atoms with Crippen molar-refractivity contribution in [2.24, 2.45) is 0 Å². The van der Waals surface area contributed by atoms with E-state index < -0.39 is 11.5 Å². The summed E-state index contributed by atoms with van der Waals surface area (Å²) in [5.74, 6) is -0.812. The van der Waals surface area contributed by atoms with E-state index in [9.17, 15) is 14.7 Å². The van der Waals surface area contributed by atoms with Crippen molar-refractivity contribution in [1.29, 1.82) is 0 Å². The van der Waals surface area contributed by atoms with Crippen LogP contribution in [0.3, 0.4) is 0 Å². The number of aryl methyl sites for hydroxylation is 1. The van der Waals surface area contributed by atoms with E-state index in [-0.39, 0.29) is 12.2 Å². The third kappa shape index (κ3) is 2.23. The van der Waals surface area contributed by atoms with Gasteiger partial charge < -0.3 is 10.4 Å². The average Bonchev–Trinajstić information content (AvgIpc) is 2.71. The minimum atomic E-state index is -1.79. The van der Waals surface area contributed by atoms with Crippen LogP contribution in [0, 0.1) is 6.92 Å². The average molecular weight is 281 g/mol. The molecule has 0 spiro atoms. The first-order chi connectivity index (χ1) is 10.0. The van der Waals surface area contributed by atoms with Gasteiger partial charge in [0.1, 0.15) is 0 Å². The van der Waals surface area contributed by atoms with Crippen molar-refractivity contribution in [3.8, 4) is 0 Å². The van der Waals surface area contributed by atoms with Gasteiger partial charge in [-0.25, -0.2) is 0 Å². The Balaban J connectivity index is 1.92. The fourth-order valence-corrected chi connectivity index (χ4v) is 2.55. The molecule has 1 aliphatic rings. The number of fused-ring (bicyclic) bond motifs is 1. The van der Waals surface area contributed by atoms with Gasteiger partial charge in [-0.1, -0.05) is 48.0 Å². The predicted octanol–water partition coefficient (Wildman–Crippen LogP) is 2.41. The van der Waals surface area contributed by atoms with E-state index in [4.69, 9.17) is 0 Å². The van der Waals surface area contributed by atoms with Crippen LogP contribution in [-0.4, -0.2) is 16.8 Å². The number of carbonyl (C=O) groups excluding carboxylic acids is 2. The number of rotatable bonds is 3. The lowest BCUT2D eigenvalue weighted by Gasteiger charge is -2.19.